The molecule has 0 fully saturated rings. The second kappa shape index (κ2) is 4.77. The molecule has 1 aliphatic carbocycles. The van der Waals surface area contributed by atoms with E-state index in [1.165, 1.54) is 5.56 Å². The van der Waals surface area contributed by atoms with Crippen LogP contribution in [0.4, 0.5) is 5.69 Å². The standard InChI is InChI=1S/C19H17N5/c1-11-14-10-15-17(20)13-8-5-9-16(13)21-18(15)22-19(14)24(23-11)12-6-3-2-4-7-12/h2-4,6-7,10H,5,8-9H2,1H3,(H2,20,21,22). The Morgan fingerprint density at radius 2 is 1.88 bits per heavy atom. The lowest BCUT2D eigenvalue weighted by Gasteiger charge is -2.08. The van der Waals surface area contributed by atoms with Gasteiger partial charge < -0.3 is 5.73 Å². The summed E-state index contributed by atoms with van der Waals surface area (Å²) < 4.78 is 1.88. The van der Waals surface area contributed by atoms with Crippen molar-refractivity contribution < 1.29 is 0 Å². The lowest BCUT2D eigenvalue weighted by atomic mass is 10.1. The molecule has 0 spiro atoms. The van der Waals surface area contributed by atoms with Crippen LogP contribution in [-0.4, -0.2) is 19.7 Å². The van der Waals surface area contributed by atoms with E-state index in [9.17, 15) is 0 Å². The lowest BCUT2D eigenvalue weighted by Crippen LogP contribution is -2.01. The fourth-order valence-corrected chi connectivity index (χ4v) is 3.64. The molecule has 1 aromatic carbocycles. The van der Waals surface area contributed by atoms with Crippen LogP contribution in [0.1, 0.15) is 23.4 Å². The van der Waals surface area contributed by atoms with Gasteiger partial charge >= 0.3 is 0 Å². The van der Waals surface area contributed by atoms with Gasteiger partial charge in [-0.15, -0.1) is 0 Å². The Labute approximate surface area is 139 Å². The van der Waals surface area contributed by atoms with Gasteiger partial charge in [-0.05, 0) is 49.9 Å². The Hall–Kier alpha value is -2.95. The first kappa shape index (κ1) is 13.5. The third-order valence-electron chi connectivity index (χ3n) is 4.87. The van der Waals surface area contributed by atoms with Crippen molar-refractivity contribution in [2.24, 2.45) is 0 Å². The van der Waals surface area contributed by atoms with Gasteiger partial charge in [-0.2, -0.15) is 5.10 Å². The summed E-state index contributed by atoms with van der Waals surface area (Å²) >= 11 is 0. The highest BCUT2D eigenvalue weighted by Crippen LogP contribution is 2.33. The number of benzene rings is 1. The van der Waals surface area contributed by atoms with Gasteiger partial charge in [0.1, 0.15) is 0 Å². The second-order valence-electron chi connectivity index (χ2n) is 6.37. The smallest absolute Gasteiger partial charge is 0.165 e. The van der Waals surface area contributed by atoms with Gasteiger partial charge in [0.05, 0.1) is 11.4 Å². The molecule has 5 rings (SSSR count). The van der Waals surface area contributed by atoms with Crippen LogP contribution in [0.15, 0.2) is 36.4 Å². The number of aromatic nitrogens is 4. The van der Waals surface area contributed by atoms with E-state index in [2.05, 4.69) is 11.2 Å². The number of para-hydroxylation sites is 1. The second-order valence-corrected chi connectivity index (χ2v) is 6.37. The highest BCUT2D eigenvalue weighted by atomic mass is 15.3. The molecular formula is C19H17N5. The van der Waals surface area contributed by atoms with Crippen molar-refractivity contribution in [1.29, 1.82) is 0 Å². The van der Waals surface area contributed by atoms with E-state index in [0.29, 0.717) is 0 Å². The van der Waals surface area contributed by atoms with Crippen molar-refractivity contribution in [2.45, 2.75) is 26.2 Å². The molecule has 2 N–H and O–H groups in total. The van der Waals surface area contributed by atoms with Crippen LogP contribution in [-0.2, 0) is 12.8 Å². The Morgan fingerprint density at radius 1 is 1.04 bits per heavy atom. The summed E-state index contributed by atoms with van der Waals surface area (Å²) in [6.07, 6.45) is 3.13. The maximum atomic E-state index is 6.42. The monoisotopic (exact) mass is 315 g/mol. The number of aryl methyl sites for hydroxylation is 2. The van der Waals surface area contributed by atoms with Crippen LogP contribution in [0.25, 0.3) is 27.8 Å². The Kier molecular flexibility index (Phi) is 2.68. The van der Waals surface area contributed by atoms with Gasteiger partial charge in [0, 0.05) is 22.2 Å². The molecule has 0 radical (unpaired) electrons. The van der Waals surface area contributed by atoms with E-state index in [-0.39, 0.29) is 0 Å². The van der Waals surface area contributed by atoms with Crippen LogP contribution < -0.4 is 5.73 Å². The van der Waals surface area contributed by atoms with Crippen LogP contribution in [0.2, 0.25) is 0 Å². The van der Waals surface area contributed by atoms with Gasteiger partial charge in [-0.3, -0.25) is 0 Å². The van der Waals surface area contributed by atoms with Crippen LogP contribution in [0.3, 0.4) is 0 Å². The maximum absolute atomic E-state index is 6.42. The maximum Gasteiger partial charge on any atom is 0.165 e. The highest BCUT2D eigenvalue weighted by Gasteiger charge is 2.20. The normalized spacial score (nSPS) is 13.7. The number of nitrogen functional groups attached to an aromatic ring is 1. The number of pyridine rings is 2. The molecule has 0 aliphatic heterocycles. The summed E-state index contributed by atoms with van der Waals surface area (Å²) in [6, 6.07) is 12.2. The Balaban J connectivity index is 1.87. The van der Waals surface area contributed by atoms with E-state index in [4.69, 9.17) is 15.7 Å². The zero-order chi connectivity index (χ0) is 16.3. The molecule has 24 heavy (non-hydrogen) atoms. The van der Waals surface area contributed by atoms with Gasteiger partial charge in [-0.1, -0.05) is 18.2 Å². The third kappa shape index (κ3) is 1.78. The van der Waals surface area contributed by atoms with Gasteiger partial charge in [-0.25, -0.2) is 14.6 Å². The largest absolute Gasteiger partial charge is 0.398 e. The zero-order valence-corrected chi connectivity index (χ0v) is 13.5. The molecule has 0 bridgehead atoms. The molecular weight excluding hydrogens is 298 g/mol. The topological polar surface area (TPSA) is 69.6 Å². The van der Waals surface area contributed by atoms with E-state index in [1.807, 2.05) is 41.9 Å². The van der Waals surface area contributed by atoms with Crippen molar-refractivity contribution in [1.82, 2.24) is 19.7 Å². The number of anilines is 1. The number of hydrogen-bond donors (Lipinski definition) is 1. The number of fused-ring (bicyclic) bond motifs is 3. The lowest BCUT2D eigenvalue weighted by molar-refractivity contribution is 0.878. The minimum atomic E-state index is 0.720. The van der Waals surface area contributed by atoms with E-state index in [1.54, 1.807) is 0 Å². The average molecular weight is 315 g/mol. The molecule has 0 saturated heterocycles. The summed E-state index contributed by atoms with van der Waals surface area (Å²) in [5.74, 6) is 0. The van der Waals surface area contributed by atoms with Crippen LogP contribution in [0, 0.1) is 6.92 Å². The number of nitrogens with two attached hydrogens (primary N) is 1. The molecule has 5 nitrogen and oxygen atoms in total. The van der Waals surface area contributed by atoms with Crippen molar-refractivity contribution >= 4 is 27.8 Å². The third-order valence-corrected chi connectivity index (χ3v) is 4.87. The number of hydrogen-bond acceptors (Lipinski definition) is 4. The van der Waals surface area contributed by atoms with Crippen LogP contribution >= 0.6 is 0 Å². The Morgan fingerprint density at radius 3 is 2.71 bits per heavy atom. The van der Waals surface area contributed by atoms with Crippen molar-refractivity contribution in [3.63, 3.8) is 0 Å². The number of rotatable bonds is 1. The van der Waals surface area contributed by atoms with E-state index in [0.717, 1.165) is 64.1 Å². The minimum Gasteiger partial charge on any atom is -0.398 e. The molecule has 5 heteroatoms. The van der Waals surface area contributed by atoms with Crippen molar-refractivity contribution in [3.8, 4) is 5.69 Å². The fourth-order valence-electron chi connectivity index (χ4n) is 3.64. The van der Waals surface area contributed by atoms with Crippen molar-refractivity contribution in [2.75, 3.05) is 5.73 Å². The summed E-state index contributed by atoms with van der Waals surface area (Å²) in [5.41, 5.74) is 13.1. The molecule has 1 aliphatic rings. The van der Waals surface area contributed by atoms with Crippen LogP contribution in [0.5, 0.6) is 0 Å². The first-order valence-electron chi connectivity index (χ1n) is 8.25. The van der Waals surface area contributed by atoms with E-state index < -0.39 is 0 Å². The van der Waals surface area contributed by atoms with Gasteiger partial charge in [0.2, 0.25) is 0 Å². The fraction of sp³-hybridized carbons (Fsp3) is 0.211. The SMILES string of the molecule is Cc1nn(-c2ccccc2)c2nc3nc4c(c(N)c3cc12)CCC4. The molecule has 118 valence electrons. The predicted molar refractivity (Wildman–Crippen MR) is 95.3 cm³/mol. The molecule has 0 saturated carbocycles. The highest BCUT2D eigenvalue weighted by molar-refractivity contribution is 5.98. The zero-order valence-electron chi connectivity index (χ0n) is 13.5. The molecule has 0 amide bonds. The molecule has 3 aromatic heterocycles. The summed E-state index contributed by atoms with van der Waals surface area (Å²) in [4.78, 5) is 9.60. The minimum absolute atomic E-state index is 0.720. The van der Waals surface area contributed by atoms with Crippen molar-refractivity contribution in [3.05, 3.63) is 53.3 Å². The van der Waals surface area contributed by atoms with Gasteiger partial charge in [0.15, 0.2) is 11.3 Å². The number of nitrogens with zero attached hydrogens (tertiary/aromatic N) is 4. The summed E-state index contributed by atoms with van der Waals surface area (Å²) in [5, 5.41) is 6.65. The summed E-state index contributed by atoms with van der Waals surface area (Å²) in [6.45, 7) is 2.01. The average Bonchev–Trinajstić information content (AvgIpc) is 3.20. The molecule has 4 aromatic rings. The molecule has 3 heterocycles. The van der Waals surface area contributed by atoms with Gasteiger partial charge in [0.25, 0.3) is 0 Å². The first-order valence-corrected chi connectivity index (χ1v) is 8.25. The molecule has 0 unspecified atom stereocenters. The van der Waals surface area contributed by atoms with E-state index >= 15 is 0 Å². The quantitative estimate of drug-likeness (QED) is 0.585. The molecule has 0 atom stereocenters. The Bertz CT molecular complexity index is 1100. The first-order chi connectivity index (χ1) is 11.7. The summed E-state index contributed by atoms with van der Waals surface area (Å²) in [7, 11) is 0. The predicted octanol–water partition coefficient (Wildman–Crippen LogP) is 3.35.